The molecular weight excluding hydrogens is 577 g/mol. The van der Waals surface area contributed by atoms with Crippen LogP contribution in [0, 0.1) is 29.1 Å². The Balaban J connectivity index is -0.0000000424. The Morgan fingerprint density at radius 3 is 0.750 bits per heavy atom. The van der Waals surface area contributed by atoms with E-state index in [-0.39, 0.29) is 7.43 Å². The van der Waals surface area contributed by atoms with Crippen LogP contribution in [0.15, 0.2) is 0 Å². The molecule has 0 spiro atoms. The molecule has 0 aromatic rings. The summed E-state index contributed by atoms with van der Waals surface area (Å²) in [6.07, 6.45) is 25.0. The van der Waals surface area contributed by atoms with E-state index in [0.717, 1.165) is 23.7 Å². The van der Waals surface area contributed by atoms with Gasteiger partial charge in [0, 0.05) is 0 Å². The first kappa shape index (κ1) is 73.4. The predicted octanol–water partition coefficient (Wildman–Crippen LogP) is 20.5. The lowest BCUT2D eigenvalue weighted by molar-refractivity contribution is 0.385. The van der Waals surface area contributed by atoms with Crippen LogP contribution < -0.4 is 0 Å². The van der Waals surface area contributed by atoms with Gasteiger partial charge in [-0.05, 0) is 29.1 Å². The van der Waals surface area contributed by atoms with Gasteiger partial charge in [-0.1, -0.05) is 289 Å². The van der Waals surface area contributed by atoms with Gasteiger partial charge in [0.05, 0.1) is 0 Å². The van der Waals surface area contributed by atoms with Crippen molar-refractivity contribution in [3.8, 4) is 0 Å². The summed E-state index contributed by atoms with van der Waals surface area (Å²) in [5.74, 6) is 3.64. The van der Waals surface area contributed by atoms with Crippen molar-refractivity contribution in [1.82, 2.24) is 0 Å². The van der Waals surface area contributed by atoms with Crippen molar-refractivity contribution in [1.29, 1.82) is 0 Å². The van der Waals surface area contributed by atoms with E-state index in [1.165, 1.54) is 116 Å². The summed E-state index contributed by atoms with van der Waals surface area (Å²) < 4.78 is 0. The minimum atomic E-state index is 0. The van der Waals surface area contributed by atoms with Crippen molar-refractivity contribution in [3.05, 3.63) is 0 Å². The van der Waals surface area contributed by atoms with Crippen LogP contribution in [-0.4, -0.2) is 0 Å². The van der Waals surface area contributed by atoms with E-state index in [0.29, 0.717) is 5.41 Å². The van der Waals surface area contributed by atoms with E-state index >= 15 is 0 Å². The van der Waals surface area contributed by atoms with Crippen LogP contribution in [0.5, 0.6) is 0 Å². The third kappa shape index (κ3) is 258. The minimum absolute atomic E-state index is 0. The fraction of sp³-hybridized carbons (Fsp3) is 1.00. The third-order valence-corrected chi connectivity index (χ3v) is 5.94. The maximum Gasteiger partial charge on any atom is -0.0411 e. The summed E-state index contributed by atoms with van der Waals surface area (Å²) in [7, 11) is 0. The Morgan fingerprint density at radius 1 is 0.458 bits per heavy atom. The fourth-order valence-electron chi connectivity index (χ4n) is 2.34. The van der Waals surface area contributed by atoms with Crippen molar-refractivity contribution in [2.75, 3.05) is 0 Å². The molecule has 1 fully saturated rings. The van der Waals surface area contributed by atoms with Crippen LogP contribution in [0.1, 0.15) is 289 Å². The second kappa shape index (κ2) is 76.7. The molecule has 1 saturated carbocycles. The molecule has 0 radical (unpaired) electrons. The quantitative estimate of drug-likeness (QED) is 0.211. The normalized spacial score (nSPS) is 11.1. The first-order valence-electron chi connectivity index (χ1n) is 21.8. The molecule has 1 rings (SSSR count). The molecule has 0 aromatic carbocycles. The molecular formula is C48H116. The van der Waals surface area contributed by atoms with E-state index < -0.39 is 0 Å². The molecule has 0 bridgehead atoms. The second-order valence-corrected chi connectivity index (χ2v) is 16.2. The molecule has 308 valence electrons. The van der Waals surface area contributed by atoms with Gasteiger partial charge in [0.25, 0.3) is 0 Å². The van der Waals surface area contributed by atoms with E-state index in [1.807, 2.05) is 13.8 Å². The predicted molar refractivity (Wildman–Crippen MR) is 242 cm³/mol. The highest BCUT2D eigenvalue weighted by molar-refractivity contribution is 4.59. The second-order valence-electron chi connectivity index (χ2n) is 16.2. The van der Waals surface area contributed by atoms with Crippen LogP contribution in [0.4, 0.5) is 0 Å². The number of unbranched alkanes of at least 4 members (excludes halogenated alkanes) is 7. The lowest BCUT2D eigenvalue weighted by Gasteiger charge is -2.15. The average molecular weight is 693 g/mol. The molecule has 0 heteroatoms. The SMILES string of the molecule is C.CC.CC(C)(C)C.CC(C)C.CC1CCCCC1.CCC.CCC(C)C.CCC(C)C.CCCC.CCCCC.CCCCCCC. The van der Waals surface area contributed by atoms with E-state index in [2.05, 4.69) is 152 Å². The summed E-state index contributed by atoms with van der Waals surface area (Å²) in [6, 6.07) is 0. The number of rotatable bonds is 9. The molecule has 0 aromatic heterocycles. The Bertz CT molecular complexity index is 326. The molecule has 0 unspecified atom stereocenters. The molecule has 0 aliphatic heterocycles. The van der Waals surface area contributed by atoms with Crippen molar-refractivity contribution < 1.29 is 0 Å². The van der Waals surface area contributed by atoms with Gasteiger partial charge in [0.2, 0.25) is 0 Å². The summed E-state index contributed by atoms with van der Waals surface area (Å²) in [4.78, 5) is 0. The topological polar surface area (TPSA) is 0 Å². The van der Waals surface area contributed by atoms with E-state index in [9.17, 15) is 0 Å². The van der Waals surface area contributed by atoms with Gasteiger partial charge in [-0.15, -0.1) is 0 Å². The van der Waals surface area contributed by atoms with Gasteiger partial charge in [0.15, 0.2) is 0 Å². The average Bonchev–Trinajstić information content (AvgIpc) is 3.00. The largest absolute Gasteiger partial charge is 0.0776 e. The van der Waals surface area contributed by atoms with E-state index in [1.54, 1.807) is 0 Å². The number of hydrogen-bond acceptors (Lipinski definition) is 0. The van der Waals surface area contributed by atoms with Crippen molar-refractivity contribution in [2.24, 2.45) is 29.1 Å². The molecule has 48 heavy (non-hydrogen) atoms. The van der Waals surface area contributed by atoms with Gasteiger partial charge in [-0.3, -0.25) is 0 Å². The highest BCUT2D eigenvalue weighted by Gasteiger charge is 2.06. The van der Waals surface area contributed by atoms with Crippen LogP contribution in [0.2, 0.25) is 0 Å². The standard InChI is InChI=1S/C7H14.C7H16.4C5H12.2C4H10.C3H8.C2H6.CH4/c1-7-5-3-2-4-6-7;1-3-5-7-6-4-2;1-5(2,3)4;2*1-4-5(2)3;1-3-5-4-2;1-4(2)3;1-3-4-2;1-3-2;1-2;/h7H,2-6H2,1H3;3-7H2,1-2H3;1-4H3;2*5H,4H2,1-3H3;3-5H2,1-2H3;4H,1-3H3;3-4H2,1-2H3;3H2,1-2H3;1-2H3;1H4. The summed E-state index contributed by atoms with van der Waals surface area (Å²) >= 11 is 0. The molecule has 0 heterocycles. The Morgan fingerprint density at radius 2 is 0.667 bits per heavy atom. The molecule has 0 nitrogen and oxygen atoms in total. The highest BCUT2D eigenvalue weighted by atomic mass is 14.1. The maximum absolute atomic E-state index is 2.36. The van der Waals surface area contributed by atoms with Gasteiger partial charge >= 0.3 is 0 Å². The highest BCUT2D eigenvalue weighted by Crippen LogP contribution is 2.22. The zero-order chi connectivity index (χ0) is 39.5. The number of hydrogen-bond donors (Lipinski definition) is 0. The summed E-state index contributed by atoms with van der Waals surface area (Å²) in [6.45, 7) is 52.4. The third-order valence-electron chi connectivity index (χ3n) is 5.94. The van der Waals surface area contributed by atoms with Crippen LogP contribution in [-0.2, 0) is 0 Å². The van der Waals surface area contributed by atoms with Gasteiger partial charge in [0.1, 0.15) is 0 Å². The minimum Gasteiger partial charge on any atom is -0.0776 e. The van der Waals surface area contributed by atoms with Gasteiger partial charge < -0.3 is 0 Å². The zero-order valence-corrected chi connectivity index (χ0v) is 39.5. The summed E-state index contributed by atoms with van der Waals surface area (Å²) in [5.41, 5.74) is 0.500. The molecule has 0 atom stereocenters. The molecule has 0 amide bonds. The van der Waals surface area contributed by atoms with Gasteiger partial charge in [-0.25, -0.2) is 0 Å². The van der Waals surface area contributed by atoms with Crippen molar-refractivity contribution >= 4 is 0 Å². The summed E-state index contributed by atoms with van der Waals surface area (Å²) in [5, 5.41) is 0. The molecule has 0 N–H and O–H groups in total. The lowest BCUT2D eigenvalue weighted by atomic mass is 9.91. The van der Waals surface area contributed by atoms with Crippen LogP contribution in [0.3, 0.4) is 0 Å². The van der Waals surface area contributed by atoms with Crippen molar-refractivity contribution in [3.63, 3.8) is 0 Å². The monoisotopic (exact) mass is 693 g/mol. The smallest absolute Gasteiger partial charge is 0.0411 e. The molecule has 0 saturated heterocycles. The molecule has 1 aliphatic carbocycles. The Hall–Kier alpha value is 0. The first-order valence-corrected chi connectivity index (χ1v) is 21.8. The zero-order valence-electron chi connectivity index (χ0n) is 39.5. The van der Waals surface area contributed by atoms with Gasteiger partial charge in [-0.2, -0.15) is 0 Å². The van der Waals surface area contributed by atoms with E-state index in [4.69, 9.17) is 0 Å². The first-order chi connectivity index (χ1) is 21.8. The fourth-order valence-corrected chi connectivity index (χ4v) is 2.34. The Labute approximate surface area is 317 Å². The van der Waals surface area contributed by atoms with Crippen molar-refractivity contribution in [2.45, 2.75) is 289 Å². The lowest BCUT2D eigenvalue weighted by Crippen LogP contribution is -1.99. The van der Waals surface area contributed by atoms with Crippen LogP contribution >= 0.6 is 0 Å². The Kier molecular flexibility index (Phi) is 117. The molecule has 1 aliphatic rings. The van der Waals surface area contributed by atoms with Crippen LogP contribution in [0.25, 0.3) is 0 Å². The maximum atomic E-state index is 2.36.